The maximum absolute atomic E-state index is 12.0. The number of rotatable bonds is 6. The van der Waals surface area contributed by atoms with Crippen molar-refractivity contribution in [3.8, 4) is 0 Å². The maximum Gasteiger partial charge on any atom is 0.246 e. The van der Waals surface area contributed by atoms with Crippen molar-refractivity contribution in [2.45, 2.75) is 26.7 Å². The first-order chi connectivity index (χ1) is 9.08. The minimum atomic E-state index is 0.0157. The van der Waals surface area contributed by atoms with E-state index < -0.39 is 0 Å². The van der Waals surface area contributed by atoms with Gasteiger partial charge in [-0.2, -0.15) is 0 Å². The van der Waals surface area contributed by atoms with E-state index in [9.17, 15) is 4.79 Å². The Balaban J connectivity index is 2.71. The average molecular weight is 300 g/mol. The summed E-state index contributed by atoms with van der Waals surface area (Å²) < 4.78 is 0. The van der Waals surface area contributed by atoms with Crippen LogP contribution in [0.3, 0.4) is 0 Å². The molecule has 0 aliphatic carbocycles. The summed E-state index contributed by atoms with van der Waals surface area (Å²) in [6, 6.07) is 5.23. The number of amides is 1. The largest absolute Gasteiger partial charge is 0.339 e. The molecule has 2 nitrogen and oxygen atoms in total. The lowest BCUT2D eigenvalue weighted by Crippen LogP contribution is -2.30. The molecule has 0 unspecified atom stereocenters. The Morgan fingerprint density at radius 1 is 1.32 bits per heavy atom. The molecule has 1 amide bonds. The Labute approximate surface area is 125 Å². The molecule has 0 saturated carbocycles. The fourth-order valence-corrected chi connectivity index (χ4v) is 2.15. The molecule has 19 heavy (non-hydrogen) atoms. The normalized spacial score (nSPS) is 10.9. The molecule has 1 aromatic carbocycles. The van der Waals surface area contributed by atoms with Gasteiger partial charge in [0.05, 0.1) is 0 Å². The van der Waals surface area contributed by atoms with Crippen molar-refractivity contribution in [2.75, 3.05) is 13.1 Å². The molecule has 0 N–H and O–H groups in total. The first-order valence-electron chi connectivity index (χ1n) is 6.50. The van der Waals surface area contributed by atoms with Gasteiger partial charge < -0.3 is 4.90 Å². The highest BCUT2D eigenvalue weighted by Crippen LogP contribution is 2.22. The number of likely N-dealkylation sites (N-methyl/N-ethyl adjacent to an activating group) is 1. The van der Waals surface area contributed by atoms with E-state index in [0.717, 1.165) is 31.5 Å². The number of benzene rings is 1. The van der Waals surface area contributed by atoms with E-state index in [4.69, 9.17) is 23.2 Å². The van der Waals surface area contributed by atoms with Gasteiger partial charge in [-0.3, -0.25) is 4.79 Å². The molecule has 0 aliphatic heterocycles. The third-order valence-electron chi connectivity index (χ3n) is 2.84. The summed E-state index contributed by atoms with van der Waals surface area (Å²) in [4.78, 5) is 13.8. The third-order valence-corrected chi connectivity index (χ3v) is 3.41. The van der Waals surface area contributed by atoms with Crippen molar-refractivity contribution >= 4 is 35.2 Å². The predicted octanol–water partition coefficient (Wildman–Crippen LogP) is 4.66. The molecular weight excluding hydrogens is 281 g/mol. The second-order valence-corrected chi connectivity index (χ2v) is 5.11. The fourth-order valence-electron chi connectivity index (χ4n) is 1.68. The minimum Gasteiger partial charge on any atom is -0.339 e. The molecular formula is C15H19Cl2NO. The van der Waals surface area contributed by atoms with Crippen molar-refractivity contribution < 1.29 is 4.79 Å². The summed E-state index contributed by atoms with van der Waals surface area (Å²) in [7, 11) is 0. The molecule has 0 heterocycles. The third kappa shape index (κ3) is 5.25. The molecule has 0 bridgehead atoms. The first-order valence-corrected chi connectivity index (χ1v) is 7.26. The van der Waals surface area contributed by atoms with Crippen LogP contribution in [0.2, 0.25) is 10.0 Å². The van der Waals surface area contributed by atoms with Crippen LogP contribution in [0.15, 0.2) is 24.3 Å². The SMILES string of the molecule is CCCCN(CC)C(=O)/C=C/c1ccc(Cl)cc1Cl. The molecule has 0 aliphatic rings. The van der Waals surface area contributed by atoms with Gasteiger partial charge in [-0.25, -0.2) is 0 Å². The smallest absolute Gasteiger partial charge is 0.246 e. The molecule has 0 saturated heterocycles. The predicted molar refractivity (Wildman–Crippen MR) is 82.7 cm³/mol. The monoisotopic (exact) mass is 299 g/mol. The van der Waals surface area contributed by atoms with Crippen LogP contribution in [-0.4, -0.2) is 23.9 Å². The summed E-state index contributed by atoms with van der Waals surface area (Å²) in [5.41, 5.74) is 0.797. The summed E-state index contributed by atoms with van der Waals surface area (Å²) in [6.07, 6.45) is 5.40. The van der Waals surface area contributed by atoms with Gasteiger partial charge in [-0.15, -0.1) is 0 Å². The number of carbonyl (C=O) groups excluding carboxylic acids is 1. The molecule has 1 rings (SSSR count). The van der Waals surface area contributed by atoms with Crippen molar-refractivity contribution in [1.29, 1.82) is 0 Å². The molecule has 0 atom stereocenters. The molecule has 0 spiro atoms. The number of carbonyl (C=O) groups is 1. The highest BCUT2D eigenvalue weighted by molar-refractivity contribution is 6.35. The highest BCUT2D eigenvalue weighted by atomic mass is 35.5. The van der Waals surface area contributed by atoms with E-state index in [-0.39, 0.29) is 5.91 Å². The Bertz CT molecular complexity index is 457. The zero-order valence-electron chi connectivity index (χ0n) is 11.3. The van der Waals surface area contributed by atoms with E-state index in [1.807, 2.05) is 11.8 Å². The zero-order chi connectivity index (χ0) is 14.3. The number of halogens is 2. The maximum atomic E-state index is 12.0. The van der Waals surface area contributed by atoms with E-state index in [2.05, 4.69) is 6.92 Å². The molecule has 0 aromatic heterocycles. The Morgan fingerprint density at radius 2 is 2.05 bits per heavy atom. The van der Waals surface area contributed by atoms with Gasteiger partial charge in [0, 0.05) is 29.2 Å². The van der Waals surface area contributed by atoms with Crippen LogP contribution in [-0.2, 0) is 4.79 Å². The van der Waals surface area contributed by atoms with Crippen LogP contribution < -0.4 is 0 Å². The Hall–Kier alpha value is -0.990. The van der Waals surface area contributed by atoms with Crippen LogP contribution in [0.4, 0.5) is 0 Å². The topological polar surface area (TPSA) is 20.3 Å². The van der Waals surface area contributed by atoms with Crippen LogP contribution >= 0.6 is 23.2 Å². The van der Waals surface area contributed by atoms with Gasteiger partial charge in [-0.1, -0.05) is 42.6 Å². The van der Waals surface area contributed by atoms with Gasteiger partial charge in [0.15, 0.2) is 0 Å². The Morgan fingerprint density at radius 3 is 2.63 bits per heavy atom. The fraction of sp³-hybridized carbons (Fsp3) is 0.400. The van der Waals surface area contributed by atoms with Crippen LogP contribution in [0, 0.1) is 0 Å². The summed E-state index contributed by atoms with van der Waals surface area (Å²) in [5, 5.41) is 1.14. The standard InChI is InChI=1S/C15H19Cl2NO/c1-3-5-10-18(4-2)15(19)9-7-12-6-8-13(16)11-14(12)17/h6-9,11H,3-5,10H2,1-2H3/b9-7+. The van der Waals surface area contributed by atoms with Crippen molar-refractivity contribution in [3.05, 3.63) is 39.9 Å². The van der Waals surface area contributed by atoms with Crippen LogP contribution in [0.25, 0.3) is 6.08 Å². The number of unbranched alkanes of at least 4 members (excludes halogenated alkanes) is 1. The first kappa shape index (κ1) is 16.1. The zero-order valence-corrected chi connectivity index (χ0v) is 12.8. The van der Waals surface area contributed by atoms with Crippen LogP contribution in [0.5, 0.6) is 0 Å². The summed E-state index contributed by atoms with van der Waals surface area (Å²) in [5.74, 6) is 0.0157. The summed E-state index contributed by atoms with van der Waals surface area (Å²) >= 11 is 11.9. The van der Waals surface area contributed by atoms with Gasteiger partial charge in [0.2, 0.25) is 5.91 Å². The minimum absolute atomic E-state index is 0.0157. The number of nitrogens with zero attached hydrogens (tertiary/aromatic N) is 1. The van der Waals surface area contributed by atoms with E-state index in [1.165, 1.54) is 0 Å². The number of hydrogen-bond donors (Lipinski definition) is 0. The molecule has 104 valence electrons. The van der Waals surface area contributed by atoms with E-state index >= 15 is 0 Å². The van der Waals surface area contributed by atoms with Crippen LogP contribution in [0.1, 0.15) is 32.3 Å². The van der Waals surface area contributed by atoms with E-state index in [1.54, 1.807) is 30.4 Å². The lowest BCUT2D eigenvalue weighted by molar-refractivity contribution is -0.125. The number of hydrogen-bond acceptors (Lipinski definition) is 1. The molecule has 0 radical (unpaired) electrons. The van der Waals surface area contributed by atoms with Gasteiger partial charge in [0.25, 0.3) is 0 Å². The van der Waals surface area contributed by atoms with Gasteiger partial charge in [0.1, 0.15) is 0 Å². The lowest BCUT2D eigenvalue weighted by Gasteiger charge is -2.18. The second-order valence-electron chi connectivity index (χ2n) is 4.27. The summed E-state index contributed by atoms with van der Waals surface area (Å²) in [6.45, 7) is 5.61. The quantitative estimate of drug-likeness (QED) is 0.700. The second kappa shape index (κ2) is 8.23. The molecule has 0 fully saturated rings. The molecule has 1 aromatic rings. The van der Waals surface area contributed by atoms with Crippen molar-refractivity contribution in [1.82, 2.24) is 4.90 Å². The lowest BCUT2D eigenvalue weighted by atomic mass is 10.2. The Kier molecular flexibility index (Phi) is 6.96. The molecule has 4 heteroatoms. The van der Waals surface area contributed by atoms with Crippen molar-refractivity contribution in [3.63, 3.8) is 0 Å². The highest BCUT2D eigenvalue weighted by Gasteiger charge is 2.07. The van der Waals surface area contributed by atoms with Gasteiger partial charge in [-0.05, 0) is 37.1 Å². The average Bonchev–Trinajstić information content (AvgIpc) is 2.38. The van der Waals surface area contributed by atoms with Gasteiger partial charge >= 0.3 is 0 Å². The van der Waals surface area contributed by atoms with E-state index in [0.29, 0.717) is 10.0 Å². The van der Waals surface area contributed by atoms with Crippen molar-refractivity contribution in [2.24, 2.45) is 0 Å².